The van der Waals surface area contributed by atoms with Gasteiger partial charge in [-0.05, 0) is 19.3 Å². The molecule has 0 aliphatic heterocycles. The van der Waals surface area contributed by atoms with Crippen molar-refractivity contribution < 1.29 is 133 Å². The van der Waals surface area contributed by atoms with Crippen molar-refractivity contribution in [1.82, 2.24) is 10.6 Å². The standard InChI is InChI=1S/2C14H29NO2.C12H27O4P.2Na.2H2O4S/c2*1-2-3-4-5-6-7-8-9-10-11-12-15-14(17)13-16;1-2-3-4-5-6-7-8-9-10-11-12-16-17(13,14)15;;;2*1-5(2,3)4/h2*16H,2-13H2,1H3,(H,15,17);2-12H2,1H3,(H2,13,14,15);;;2*(H2,1,2,3,4)/q;;;2*+1;;/p-2. The van der Waals surface area contributed by atoms with E-state index in [2.05, 4.69) is 35.9 Å². The summed E-state index contributed by atoms with van der Waals surface area (Å²) in [4.78, 5) is 41.7. The van der Waals surface area contributed by atoms with E-state index < -0.39 is 41.8 Å². The second-order valence-corrected chi connectivity index (χ2v) is 17.7. The molecule has 0 aromatic carbocycles. The van der Waals surface area contributed by atoms with Crippen molar-refractivity contribution in [2.24, 2.45) is 0 Å². The number of phosphoric acid groups is 1. The molecule has 0 aromatic rings. The number of nitrogens with one attached hydrogen (secondary N) is 2. The van der Waals surface area contributed by atoms with Gasteiger partial charge < -0.3 is 39.7 Å². The van der Waals surface area contributed by atoms with Gasteiger partial charge in [-0.3, -0.25) is 27.8 Å². The molecule has 63 heavy (non-hydrogen) atoms. The number of amides is 2. The molecule has 0 heterocycles. The number of carbonyl (C=O) groups excluding carboxylic acids is 2. The van der Waals surface area contributed by atoms with Crippen LogP contribution in [0.15, 0.2) is 0 Å². The van der Waals surface area contributed by atoms with Gasteiger partial charge in [0, 0.05) is 13.1 Å². The summed E-state index contributed by atoms with van der Waals surface area (Å²) < 4.78 is 77.5. The minimum atomic E-state index is -4.74. The number of carbonyl (C=O) groups is 2. The topological polar surface area (TPSA) is 320 Å². The van der Waals surface area contributed by atoms with Crippen LogP contribution in [0.4, 0.5) is 0 Å². The van der Waals surface area contributed by atoms with Crippen molar-refractivity contribution in [2.45, 2.75) is 213 Å². The van der Waals surface area contributed by atoms with Gasteiger partial charge in [-0.25, -0.2) is 0 Å². The average molecular weight is 993 g/mol. The van der Waals surface area contributed by atoms with Gasteiger partial charge in [0.1, 0.15) is 13.2 Å². The number of hydrogen-bond acceptors (Lipinski definition) is 12. The fraction of sp³-hybridized carbons (Fsp3) is 0.950. The first-order valence-corrected chi connectivity index (χ1v) is 26.7. The quantitative estimate of drug-likeness (QED) is 0.0191. The SMILES string of the molecule is CCCCCCCCCCCCNC(=O)CO.CCCCCCCCCCCCNC(=O)CO.CCCCCCCCCCCCOP(=O)([O-])[O-].O=S(=O)(O)O.O=S(=O)(O)O.[Na+].[Na+]. The van der Waals surface area contributed by atoms with E-state index in [1.54, 1.807) is 0 Å². The summed E-state index contributed by atoms with van der Waals surface area (Å²) in [6.45, 7) is 7.37. The molecular weight excluding hydrogens is 906 g/mol. The fourth-order valence-electron chi connectivity index (χ4n) is 5.56. The summed E-state index contributed by atoms with van der Waals surface area (Å²) >= 11 is 0. The Hall–Kier alpha value is 0.710. The van der Waals surface area contributed by atoms with Crippen LogP contribution < -0.4 is 79.5 Å². The molecule has 18 nitrogen and oxygen atoms in total. The summed E-state index contributed by atoms with van der Waals surface area (Å²) in [5, 5.41) is 22.3. The number of aliphatic hydroxyl groups excluding tert-OH is 2. The van der Waals surface area contributed by atoms with Gasteiger partial charge >= 0.3 is 79.9 Å². The fourth-order valence-corrected chi connectivity index (χ4v) is 5.91. The largest absolute Gasteiger partial charge is 1.00 e. The van der Waals surface area contributed by atoms with Gasteiger partial charge in [-0.2, -0.15) is 16.8 Å². The number of hydrogen-bond donors (Lipinski definition) is 8. The summed E-state index contributed by atoms with van der Waals surface area (Å²) in [5.74, 6) is -0.526. The summed E-state index contributed by atoms with van der Waals surface area (Å²) in [6.07, 6.45) is 37.7. The van der Waals surface area contributed by atoms with Crippen molar-refractivity contribution in [1.29, 1.82) is 0 Å². The average Bonchev–Trinajstić information content (AvgIpc) is 3.16. The van der Waals surface area contributed by atoms with Gasteiger partial charge in [0.05, 0.1) is 14.4 Å². The third-order valence-corrected chi connectivity index (χ3v) is 9.24. The Labute approximate surface area is 426 Å². The second kappa shape index (κ2) is 60.7. The minimum absolute atomic E-state index is 0. The Bertz CT molecular complexity index is 1110. The van der Waals surface area contributed by atoms with Gasteiger partial charge in [0.15, 0.2) is 0 Å². The minimum Gasteiger partial charge on any atom is -0.790 e. The molecule has 8 N–H and O–H groups in total. The van der Waals surface area contributed by atoms with E-state index in [1.807, 2.05) is 0 Å². The Morgan fingerprint density at radius 3 is 0.825 bits per heavy atom. The zero-order valence-electron chi connectivity index (χ0n) is 39.8. The van der Waals surface area contributed by atoms with Crippen LogP contribution in [0.3, 0.4) is 0 Å². The number of aliphatic hydroxyl groups is 2. The maximum atomic E-state index is 10.7. The van der Waals surface area contributed by atoms with Gasteiger partial charge in [0.25, 0.3) is 0 Å². The van der Waals surface area contributed by atoms with E-state index in [9.17, 15) is 23.9 Å². The molecule has 0 aliphatic rings. The van der Waals surface area contributed by atoms with E-state index in [0.29, 0.717) is 19.5 Å². The predicted octanol–water partition coefficient (Wildman–Crippen LogP) is 1.49. The number of rotatable bonds is 36. The zero-order chi connectivity index (χ0) is 47.5. The predicted molar refractivity (Wildman–Crippen MR) is 238 cm³/mol. The molecule has 2 amide bonds. The van der Waals surface area contributed by atoms with Crippen LogP contribution in [0.2, 0.25) is 0 Å². The van der Waals surface area contributed by atoms with Crippen molar-refractivity contribution in [3.8, 4) is 0 Å². The normalized spacial score (nSPS) is 10.7. The molecule has 0 bridgehead atoms. The van der Waals surface area contributed by atoms with Crippen LogP contribution in [-0.2, 0) is 39.5 Å². The smallest absolute Gasteiger partial charge is 0.790 e. The second-order valence-electron chi connectivity index (χ2n) is 14.7. The number of phosphoric ester groups is 1. The number of unbranched alkanes of at least 4 members (excludes halogenated alkanes) is 27. The molecule has 0 rings (SSSR count). The molecular formula is C40H87N2Na2O16PS2. The molecule has 372 valence electrons. The van der Waals surface area contributed by atoms with Gasteiger partial charge in [-0.15, -0.1) is 0 Å². The molecule has 0 atom stereocenters. The van der Waals surface area contributed by atoms with Crippen LogP contribution in [0.1, 0.15) is 213 Å². The first kappa shape index (κ1) is 77.9. The van der Waals surface area contributed by atoms with Crippen LogP contribution in [0, 0.1) is 0 Å². The molecule has 0 spiro atoms. The summed E-state index contributed by atoms with van der Waals surface area (Å²) in [6, 6.07) is 0. The van der Waals surface area contributed by atoms with E-state index in [1.165, 1.54) is 161 Å². The molecule has 23 heteroatoms. The van der Waals surface area contributed by atoms with Crippen LogP contribution in [0.25, 0.3) is 0 Å². The maximum Gasteiger partial charge on any atom is 1.00 e. The van der Waals surface area contributed by atoms with Crippen molar-refractivity contribution >= 4 is 40.4 Å². The maximum absolute atomic E-state index is 10.7. The molecule has 0 unspecified atom stereocenters. The van der Waals surface area contributed by atoms with Crippen LogP contribution in [0.5, 0.6) is 0 Å². The molecule has 0 aromatic heterocycles. The van der Waals surface area contributed by atoms with Crippen LogP contribution in [-0.4, -0.2) is 90.0 Å². The molecule has 0 fully saturated rings. The van der Waals surface area contributed by atoms with Crippen LogP contribution >= 0.6 is 7.82 Å². The van der Waals surface area contributed by atoms with E-state index in [4.69, 9.17) is 45.3 Å². The third-order valence-electron chi connectivity index (χ3n) is 8.74. The van der Waals surface area contributed by atoms with Crippen molar-refractivity contribution in [2.75, 3.05) is 32.9 Å². The van der Waals surface area contributed by atoms with E-state index in [0.717, 1.165) is 25.7 Å². The Morgan fingerprint density at radius 2 is 0.635 bits per heavy atom. The Kier molecular flexibility index (Phi) is 75.1. The van der Waals surface area contributed by atoms with Gasteiger partial charge in [-0.1, -0.05) is 194 Å². The zero-order valence-corrected chi connectivity index (χ0v) is 46.3. The molecule has 0 radical (unpaired) electrons. The third kappa shape index (κ3) is 116. The van der Waals surface area contributed by atoms with Gasteiger partial charge in [0.2, 0.25) is 11.8 Å². The van der Waals surface area contributed by atoms with Crippen molar-refractivity contribution in [3.05, 3.63) is 0 Å². The summed E-state index contributed by atoms with van der Waals surface area (Å²) in [5.41, 5.74) is 0. The Balaban J connectivity index is -0.000000132. The summed E-state index contributed by atoms with van der Waals surface area (Å²) in [7, 11) is -14.1. The first-order valence-electron chi connectivity index (χ1n) is 22.5. The first-order chi connectivity index (χ1) is 28.7. The Morgan fingerprint density at radius 1 is 0.444 bits per heavy atom. The molecule has 0 saturated carbocycles. The van der Waals surface area contributed by atoms with E-state index >= 15 is 0 Å². The molecule has 0 aliphatic carbocycles. The molecule has 0 saturated heterocycles. The van der Waals surface area contributed by atoms with Crippen molar-refractivity contribution in [3.63, 3.8) is 0 Å². The van der Waals surface area contributed by atoms with E-state index in [-0.39, 0.29) is 77.5 Å². The monoisotopic (exact) mass is 993 g/mol.